The van der Waals surface area contributed by atoms with Crippen molar-refractivity contribution >= 4 is 5.78 Å². The summed E-state index contributed by atoms with van der Waals surface area (Å²) >= 11 is 0. The first-order valence-corrected chi connectivity index (χ1v) is 7.14. The van der Waals surface area contributed by atoms with E-state index >= 15 is 0 Å². The molecule has 0 aromatic heterocycles. The van der Waals surface area contributed by atoms with Crippen molar-refractivity contribution in [2.45, 2.75) is 40.5 Å². The minimum absolute atomic E-state index is 0.230. The van der Waals surface area contributed by atoms with E-state index in [1.165, 1.54) is 27.8 Å². The van der Waals surface area contributed by atoms with Gasteiger partial charge in [-0.05, 0) is 62.4 Å². The Bertz CT molecular complexity index is 638. The lowest BCUT2D eigenvalue weighted by Gasteiger charge is -2.08. The molecule has 2 aromatic carbocycles. The van der Waals surface area contributed by atoms with Crippen LogP contribution in [0.1, 0.15) is 44.6 Å². The summed E-state index contributed by atoms with van der Waals surface area (Å²) in [7, 11) is 0. The Morgan fingerprint density at radius 1 is 0.850 bits per heavy atom. The third kappa shape index (κ3) is 3.36. The van der Waals surface area contributed by atoms with Crippen LogP contribution in [0.2, 0.25) is 0 Å². The highest BCUT2D eigenvalue weighted by molar-refractivity contribution is 5.96. The number of hydrogen-bond donors (Lipinski definition) is 0. The van der Waals surface area contributed by atoms with E-state index in [4.69, 9.17) is 0 Å². The van der Waals surface area contributed by atoms with E-state index in [0.717, 1.165) is 12.0 Å². The zero-order valence-electron chi connectivity index (χ0n) is 12.8. The van der Waals surface area contributed by atoms with Crippen LogP contribution in [0.15, 0.2) is 36.4 Å². The molecule has 1 heteroatoms. The molecular weight excluding hydrogens is 244 g/mol. The van der Waals surface area contributed by atoms with Crippen molar-refractivity contribution in [2.24, 2.45) is 0 Å². The van der Waals surface area contributed by atoms with Crippen LogP contribution in [0.5, 0.6) is 0 Å². The molecule has 0 aliphatic carbocycles. The summed E-state index contributed by atoms with van der Waals surface area (Å²) in [5, 5.41) is 0. The van der Waals surface area contributed by atoms with E-state index in [1.807, 2.05) is 18.2 Å². The predicted molar refractivity (Wildman–Crippen MR) is 84.5 cm³/mol. The number of rotatable bonds is 4. The number of ketones is 1. The molecule has 0 radical (unpaired) electrons. The smallest absolute Gasteiger partial charge is 0.163 e. The average Bonchev–Trinajstić information content (AvgIpc) is 2.40. The maximum atomic E-state index is 12.3. The molecule has 0 atom stereocenters. The zero-order chi connectivity index (χ0) is 14.7. The zero-order valence-corrected chi connectivity index (χ0v) is 12.8. The Balaban J connectivity index is 2.06. The monoisotopic (exact) mass is 266 g/mol. The number of hydrogen-bond acceptors (Lipinski definition) is 1. The molecule has 2 aromatic rings. The highest BCUT2D eigenvalue weighted by Crippen LogP contribution is 2.16. The summed E-state index contributed by atoms with van der Waals surface area (Å²) < 4.78 is 0. The predicted octanol–water partition coefficient (Wildman–Crippen LogP) is 4.74. The van der Waals surface area contributed by atoms with Crippen LogP contribution in [0.4, 0.5) is 0 Å². The number of benzene rings is 2. The molecule has 0 aliphatic heterocycles. The van der Waals surface area contributed by atoms with E-state index in [-0.39, 0.29) is 5.78 Å². The first kappa shape index (κ1) is 14.5. The molecule has 20 heavy (non-hydrogen) atoms. The minimum Gasteiger partial charge on any atom is -0.294 e. The maximum absolute atomic E-state index is 12.3. The molecule has 104 valence electrons. The van der Waals surface area contributed by atoms with Crippen LogP contribution >= 0.6 is 0 Å². The van der Waals surface area contributed by atoms with Gasteiger partial charge in [0.1, 0.15) is 0 Å². The molecule has 2 rings (SSSR count). The quantitative estimate of drug-likeness (QED) is 0.731. The molecular formula is C19H22O. The molecule has 0 amide bonds. The molecule has 0 unspecified atom stereocenters. The van der Waals surface area contributed by atoms with Crippen molar-refractivity contribution in [2.75, 3.05) is 0 Å². The second-order valence-corrected chi connectivity index (χ2v) is 5.65. The van der Waals surface area contributed by atoms with E-state index in [1.54, 1.807) is 0 Å². The van der Waals surface area contributed by atoms with Gasteiger partial charge in [0.15, 0.2) is 5.78 Å². The topological polar surface area (TPSA) is 17.1 Å². The minimum atomic E-state index is 0.230. The van der Waals surface area contributed by atoms with Crippen LogP contribution in [0.3, 0.4) is 0 Å². The van der Waals surface area contributed by atoms with E-state index < -0.39 is 0 Å². The fourth-order valence-electron chi connectivity index (χ4n) is 2.43. The van der Waals surface area contributed by atoms with Crippen molar-refractivity contribution in [3.63, 3.8) is 0 Å². The van der Waals surface area contributed by atoms with Crippen molar-refractivity contribution in [1.29, 1.82) is 0 Å². The molecule has 0 fully saturated rings. The normalized spacial score (nSPS) is 10.6. The Morgan fingerprint density at radius 2 is 1.60 bits per heavy atom. The summed E-state index contributed by atoms with van der Waals surface area (Å²) in [6.07, 6.45) is 1.39. The lowest BCUT2D eigenvalue weighted by atomic mass is 9.97. The first-order valence-electron chi connectivity index (χ1n) is 7.14. The highest BCUT2D eigenvalue weighted by atomic mass is 16.1. The summed E-state index contributed by atoms with van der Waals surface area (Å²) in [5.41, 5.74) is 7.06. The lowest BCUT2D eigenvalue weighted by Crippen LogP contribution is -2.03. The molecule has 0 saturated carbocycles. The Morgan fingerprint density at radius 3 is 2.25 bits per heavy atom. The first-order chi connectivity index (χ1) is 9.47. The van der Waals surface area contributed by atoms with Gasteiger partial charge in [0.25, 0.3) is 0 Å². The van der Waals surface area contributed by atoms with Gasteiger partial charge in [-0.25, -0.2) is 0 Å². The van der Waals surface area contributed by atoms with Gasteiger partial charge in [-0.2, -0.15) is 0 Å². The second-order valence-electron chi connectivity index (χ2n) is 5.65. The highest BCUT2D eigenvalue weighted by Gasteiger charge is 2.08. The Hall–Kier alpha value is -1.89. The fraction of sp³-hybridized carbons (Fsp3) is 0.316. The van der Waals surface area contributed by atoms with Crippen molar-refractivity contribution in [1.82, 2.24) is 0 Å². The molecule has 0 aliphatic rings. The van der Waals surface area contributed by atoms with Crippen LogP contribution < -0.4 is 0 Å². The Labute approximate surface area is 121 Å². The van der Waals surface area contributed by atoms with Crippen LogP contribution in [-0.2, 0) is 6.42 Å². The van der Waals surface area contributed by atoms with E-state index in [2.05, 4.69) is 45.9 Å². The van der Waals surface area contributed by atoms with Crippen LogP contribution in [0.25, 0.3) is 0 Å². The van der Waals surface area contributed by atoms with Gasteiger partial charge >= 0.3 is 0 Å². The van der Waals surface area contributed by atoms with Gasteiger partial charge in [0, 0.05) is 12.0 Å². The van der Waals surface area contributed by atoms with Gasteiger partial charge in [-0.15, -0.1) is 0 Å². The van der Waals surface area contributed by atoms with Gasteiger partial charge < -0.3 is 0 Å². The number of Topliss-reactive ketones (excluding diaryl/α,β-unsaturated/α-hetero) is 1. The van der Waals surface area contributed by atoms with Crippen LogP contribution in [0, 0.1) is 27.7 Å². The molecule has 0 spiro atoms. The molecule has 0 saturated heterocycles. The standard InChI is InChI=1S/C19H22O/c1-13-5-7-17(16(4)11-13)9-10-19(20)18-8-6-14(2)15(3)12-18/h5-8,11-12H,9-10H2,1-4H3. The number of carbonyl (C=O) groups excluding carboxylic acids is 1. The van der Waals surface area contributed by atoms with Gasteiger partial charge in [0.2, 0.25) is 0 Å². The lowest BCUT2D eigenvalue weighted by molar-refractivity contribution is 0.0982. The van der Waals surface area contributed by atoms with Crippen molar-refractivity contribution < 1.29 is 4.79 Å². The molecule has 0 heterocycles. The van der Waals surface area contributed by atoms with Gasteiger partial charge in [-0.1, -0.05) is 35.9 Å². The third-order valence-corrected chi connectivity index (χ3v) is 3.95. The summed E-state index contributed by atoms with van der Waals surface area (Å²) in [4.78, 5) is 12.3. The summed E-state index contributed by atoms with van der Waals surface area (Å²) in [6, 6.07) is 12.4. The molecule has 0 bridgehead atoms. The maximum Gasteiger partial charge on any atom is 0.163 e. The number of carbonyl (C=O) groups is 1. The third-order valence-electron chi connectivity index (χ3n) is 3.95. The van der Waals surface area contributed by atoms with E-state index in [0.29, 0.717) is 6.42 Å². The van der Waals surface area contributed by atoms with Crippen LogP contribution in [-0.4, -0.2) is 5.78 Å². The molecule has 0 N–H and O–H groups in total. The number of aryl methyl sites for hydroxylation is 5. The fourth-order valence-corrected chi connectivity index (χ4v) is 2.43. The van der Waals surface area contributed by atoms with Crippen molar-refractivity contribution in [3.05, 3.63) is 69.8 Å². The SMILES string of the molecule is Cc1ccc(CCC(=O)c2ccc(C)c(C)c2)c(C)c1. The van der Waals surface area contributed by atoms with Crippen molar-refractivity contribution in [3.8, 4) is 0 Å². The largest absolute Gasteiger partial charge is 0.294 e. The Kier molecular flexibility index (Phi) is 4.39. The second kappa shape index (κ2) is 6.04. The summed E-state index contributed by atoms with van der Waals surface area (Å²) in [5.74, 6) is 0.230. The average molecular weight is 266 g/mol. The van der Waals surface area contributed by atoms with Gasteiger partial charge in [-0.3, -0.25) is 4.79 Å². The molecule has 1 nitrogen and oxygen atoms in total. The van der Waals surface area contributed by atoms with Gasteiger partial charge in [0.05, 0.1) is 0 Å². The van der Waals surface area contributed by atoms with E-state index in [9.17, 15) is 4.79 Å². The summed E-state index contributed by atoms with van der Waals surface area (Å²) in [6.45, 7) is 8.33.